The zero-order valence-corrected chi connectivity index (χ0v) is 16.1. The maximum Gasteiger partial charge on any atom is 0.205 e. The summed E-state index contributed by atoms with van der Waals surface area (Å²) in [5, 5.41) is 31.3. The topological polar surface area (TPSA) is 103 Å². The fraction of sp³-hybridized carbons (Fsp3) is 0.318. The van der Waals surface area contributed by atoms with Crippen molar-refractivity contribution in [3.8, 4) is 28.6 Å². The molecule has 4 rings (SSSR count). The van der Waals surface area contributed by atoms with Crippen molar-refractivity contribution in [3.63, 3.8) is 0 Å². The summed E-state index contributed by atoms with van der Waals surface area (Å²) in [6, 6.07) is 10.4. The lowest BCUT2D eigenvalue weighted by Gasteiger charge is -2.30. The van der Waals surface area contributed by atoms with Gasteiger partial charge in [-0.25, -0.2) is 0 Å². The number of aliphatic hydroxyl groups is 1. The SMILES string of the molecule is COc1c(O)c(CN2CCC(O)CC2)c(O)c2c(=O)cc(-c3ccccc3)oc12. The van der Waals surface area contributed by atoms with Gasteiger partial charge in [-0.2, -0.15) is 0 Å². The molecule has 29 heavy (non-hydrogen) atoms. The third-order valence-corrected chi connectivity index (χ3v) is 5.38. The van der Waals surface area contributed by atoms with Gasteiger partial charge in [0, 0.05) is 31.3 Å². The minimum absolute atomic E-state index is 0.00618. The Labute approximate surface area is 167 Å². The zero-order chi connectivity index (χ0) is 20.5. The number of aliphatic hydroxyl groups excluding tert-OH is 1. The quantitative estimate of drug-likeness (QED) is 0.622. The molecule has 0 atom stereocenters. The number of piperidine rings is 1. The van der Waals surface area contributed by atoms with Gasteiger partial charge < -0.3 is 24.5 Å². The van der Waals surface area contributed by atoms with Crippen LogP contribution in [-0.2, 0) is 6.54 Å². The average Bonchev–Trinajstić information content (AvgIpc) is 2.73. The minimum atomic E-state index is -0.420. The molecule has 3 aromatic rings. The van der Waals surface area contributed by atoms with Gasteiger partial charge in [0.2, 0.25) is 5.75 Å². The van der Waals surface area contributed by atoms with Crippen LogP contribution >= 0.6 is 0 Å². The van der Waals surface area contributed by atoms with Crippen molar-refractivity contribution >= 4 is 11.0 Å². The summed E-state index contributed by atoms with van der Waals surface area (Å²) < 4.78 is 11.2. The van der Waals surface area contributed by atoms with Crippen LogP contribution in [0.2, 0.25) is 0 Å². The standard InChI is InChI=1S/C22H23NO6/c1-28-22-20(27)15(12-23-9-7-14(24)8-10-23)19(26)18-16(25)11-17(29-21(18)22)13-5-3-2-4-6-13/h2-6,11,14,24,26-27H,7-10,12H2,1H3. The maximum absolute atomic E-state index is 12.9. The molecule has 2 aromatic carbocycles. The van der Waals surface area contributed by atoms with Crippen molar-refractivity contribution in [1.29, 1.82) is 0 Å². The lowest BCUT2D eigenvalue weighted by molar-refractivity contribution is 0.0785. The molecule has 1 saturated heterocycles. The first kappa shape index (κ1) is 19.3. The van der Waals surface area contributed by atoms with Crippen LogP contribution in [0.25, 0.3) is 22.3 Å². The first-order valence-corrected chi connectivity index (χ1v) is 9.54. The molecular formula is C22H23NO6. The molecule has 3 N–H and O–H groups in total. The molecule has 0 unspecified atom stereocenters. The summed E-state index contributed by atoms with van der Waals surface area (Å²) in [5.41, 5.74) is 0.497. The smallest absolute Gasteiger partial charge is 0.205 e. The molecule has 0 saturated carbocycles. The molecule has 7 nitrogen and oxygen atoms in total. The molecule has 1 aliphatic heterocycles. The number of phenolic OH excluding ortho intramolecular Hbond substituents is 2. The molecule has 0 aliphatic carbocycles. The van der Waals surface area contributed by atoms with Crippen LogP contribution < -0.4 is 10.2 Å². The summed E-state index contributed by atoms with van der Waals surface area (Å²) in [4.78, 5) is 14.9. The number of rotatable bonds is 4. The second kappa shape index (κ2) is 7.77. The van der Waals surface area contributed by atoms with E-state index < -0.39 is 5.43 Å². The van der Waals surface area contributed by atoms with Gasteiger partial charge >= 0.3 is 0 Å². The second-order valence-electron chi connectivity index (χ2n) is 7.26. The number of benzene rings is 2. The highest BCUT2D eigenvalue weighted by Crippen LogP contribution is 2.45. The summed E-state index contributed by atoms with van der Waals surface area (Å²) in [6.45, 7) is 1.49. The number of nitrogens with zero attached hydrogens (tertiary/aromatic N) is 1. The lowest BCUT2D eigenvalue weighted by Crippen LogP contribution is -2.35. The van der Waals surface area contributed by atoms with E-state index >= 15 is 0 Å². The largest absolute Gasteiger partial charge is 0.507 e. The van der Waals surface area contributed by atoms with Gasteiger partial charge in [-0.15, -0.1) is 0 Å². The third kappa shape index (κ3) is 3.54. The Bertz CT molecular complexity index is 1080. The van der Waals surface area contributed by atoms with E-state index in [9.17, 15) is 20.1 Å². The normalized spacial score (nSPS) is 15.7. The number of hydrogen-bond donors (Lipinski definition) is 3. The monoisotopic (exact) mass is 397 g/mol. The van der Waals surface area contributed by atoms with E-state index in [1.807, 2.05) is 23.1 Å². The number of likely N-dealkylation sites (tertiary alicyclic amines) is 1. The average molecular weight is 397 g/mol. The van der Waals surface area contributed by atoms with Gasteiger partial charge in [0.25, 0.3) is 0 Å². The van der Waals surface area contributed by atoms with E-state index in [0.29, 0.717) is 37.3 Å². The van der Waals surface area contributed by atoms with Crippen molar-refractivity contribution in [3.05, 3.63) is 52.2 Å². The predicted molar refractivity (Wildman–Crippen MR) is 108 cm³/mol. The highest BCUT2D eigenvalue weighted by atomic mass is 16.5. The summed E-state index contributed by atoms with van der Waals surface area (Å²) in [6.07, 6.45) is 0.909. The molecule has 0 bridgehead atoms. The van der Waals surface area contributed by atoms with Crippen LogP contribution in [0.5, 0.6) is 17.2 Å². The lowest BCUT2D eigenvalue weighted by atomic mass is 10.0. The van der Waals surface area contributed by atoms with E-state index in [-0.39, 0.29) is 46.4 Å². The highest BCUT2D eigenvalue weighted by Gasteiger charge is 2.27. The van der Waals surface area contributed by atoms with E-state index in [4.69, 9.17) is 9.15 Å². The molecule has 7 heteroatoms. The Balaban J connectivity index is 1.85. The number of ether oxygens (including phenoxy) is 1. The van der Waals surface area contributed by atoms with Crippen LogP contribution in [-0.4, -0.2) is 46.5 Å². The maximum atomic E-state index is 12.9. The summed E-state index contributed by atoms with van der Waals surface area (Å²) in [7, 11) is 1.38. The first-order valence-electron chi connectivity index (χ1n) is 9.54. The Hall–Kier alpha value is -3.03. The summed E-state index contributed by atoms with van der Waals surface area (Å²) in [5.74, 6) is -0.229. The fourth-order valence-electron chi connectivity index (χ4n) is 3.77. The van der Waals surface area contributed by atoms with Crippen molar-refractivity contribution < 1.29 is 24.5 Å². The fourth-order valence-corrected chi connectivity index (χ4v) is 3.77. The van der Waals surface area contributed by atoms with Gasteiger partial charge in [0.1, 0.15) is 16.9 Å². The van der Waals surface area contributed by atoms with Crippen LogP contribution in [0.1, 0.15) is 18.4 Å². The van der Waals surface area contributed by atoms with E-state index in [1.54, 1.807) is 12.1 Å². The third-order valence-electron chi connectivity index (χ3n) is 5.38. The molecule has 2 heterocycles. The summed E-state index contributed by atoms with van der Waals surface area (Å²) >= 11 is 0. The number of fused-ring (bicyclic) bond motifs is 1. The van der Waals surface area contributed by atoms with Gasteiger partial charge in [-0.05, 0) is 12.8 Å². The molecule has 0 radical (unpaired) electrons. The molecule has 0 amide bonds. The number of hydrogen-bond acceptors (Lipinski definition) is 7. The van der Waals surface area contributed by atoms with Crippen LogP contribution in [0.15, 0.2) is 45.6 Å². The van der Waals surface area contributed by atoms with Gasteiger partial charge in [-0.3, -0.25) is 9.69 Å². The Morgan fingerprint density at radius 3 is 2.48 bits per heavy atom. The van der Waals surface area contributed by atoms with Gasteiger partial charge in [0.05, 0.1) is 18.8 Å². The van der Waals surface area contributed by atoms with E-state index in [0.717, 1.165) is 0 Å². The van der Waals surface area contributed by atoms with Gasteiger partial charge in [0.15, 0.2) is 16.8 Å². The van der Waals surface area contributed by atoms with Crippen molar-refractivity contribution in [2.24, 2.45) is 0 Å². The predicted octanol–water partition coefficient (Wildman–Crippen LogP) is 2.84. The first-order chi connectivity index (χ1) is 14.0. The number of methoxy groups -OCH3 is 1. The van der Waals surface area contributed by atoms with Gasteiger partial charge in [-0.1, -0.05) is 30.3 Å². The van der Waals surface area contributed by atoms with Crippen LogP contribution in [0.4, 0.5) is 0 Å². The van der Waals surface area contributed by atoms with E-state index in [1.165, 1.54) is 13.2 Å². The van der Waals surface area contributed by atoms with Crippen molar-refractivity contribution in [2.45, 2.75) is 25.5 Å². The van der Waals surface area contributed by atoms with Crippen molar-refractivity contribution in [1.82, 2.24) is 4.90 Å². The molecule has 152 valence electrons. The Morgan fingerprint density at radius 2 is 1.83 bits per heavy atom. The Kier molecular flexibility index (Phi) is 5.17. The second-order valence-corrected chi connectivity index (χ2v) is 7.26. The molecule has 1 fully saturated rings. The Morgan fingerprint density at radius 1 is 1.14 bits per heavy atom. The number of aromatic hydroxyl groups is 2. The molecule has 0 spiro atoms. The van der Waals surface area contributed by atoms with E-state index in [2.05, 4.69) is 0 Å². The molecule has 1 aliphatic rings. The van der Waals surface area contributed by atoms with Crippen LogP contribution in [0.3, 0.4) is 0 Å². The van der Waals surface area contributed by atoms with Crippen molar-refractivity contribution in [2.75, 3.05) is 20.2 Å². The zero-order valence-electron chi connectivity index (χ0n) is 16.1. The highest BCUT2D eigenvalue weighted by molar-refractivity contribution is 5.93. The molecule has 1 aromatic heterocycles. The van der Waals surface area contributed by atoms with Crippen LogP contribution in [0, 0.1) is 0 Å². The minimum Gasteiger partial charge on any atom is -0.507 e. The molecular weight excluding hydrogens is 374 g/mol. The number of phenols is 2.